The molecule has 24 heavy (non-hydrogen) atoms. The highest BCUT2D eigenvalue weighted by atomic mass is 16.5. The van der Waals surface area contributed by atoms with Crippen LogP contribution >= 0.6 is 0 Å². The predicted octanol–water partition coefficient (Wildman–Crippen LogP) is 1.22. The summed E-state index contributed by atoms with van der Waals surface area (Å²) in [7, 11) is 0. The maximum absolute atomic E-state index is 12.7. The standard InChI is InChI=1S/C19H22N2O3/c22-16-10-18(12-24-16)9-15(20-18)17(23)21-7-6-19(8-14(19)11-21)13-4-2-1-3-5-13/h1-5,14-15,20H,6-12H2/t14-,15+,18-,19-/m1/s1. The zero-order valence-electron chi connectivity index (χ0n) is 13.7. The summed E-state index contributed by atoms with van der Waals surface area (Å²) in [5, 5.41) is 3.32. The van der Waals surface area contributed by atoms with Gasteiger partial charge in [0.25, 0.3) is 0 Å². The monoisotopic (exact) mass is 326 g/mol. The lowest BCUT2D eigenvalue weighted by Gasteiger charge is -2.46. The minimum Gasteiger partial charge on any atom is -0.464 e. The van der Waals surface area contributed by atoms with E-state index in [0.29, 0.717) is 24.4 Å². The van der Waals surface area contributed by atoms with Crippen molar-refractivity contribution in [2.45, 2.75) is 42.7 Å². The van der Waals surface area contributed by atoms with E-state index in [2.05, 4.69) is 35.6 Å². The van der Waals surface area contributed by atoms with Gasteiger partial charge >= 0.3 is 5.97 Å². The molecule has 1 N–H and O–H groups in total. The Kier molecular flexibility index (Phi) is 2.90. The molecule has 1 aromatic carbocycles. The molecule has 1 spiro atoms. The van der Waals surface area contributed by atoms with E-state index in [1.807, 2.05) is 4.90 Å². The van der Waals surface area contributed by atoms with Crippen LogP contribution in [0.3, 0.4) is 0 Å². The fraction of sp³-hybridized carbons (Fsp3) is 0.579. The molecule has 0 radical (unpaired) electrons. The number of fused-ring (bicyclic) bond motifs is 1. The van der Waals surface area contributed by atoms with Gasteiger partial charge in [0.05, 0.1) is 18.0 Å². The van der Waals surface area contributed by atoms with Crippen LogP contribution in [0.15, 0.2) is 30.3 Å². The number of nitrogens with zero attached hydrogens (tertiary/aromatic N) is 1. The van der Waals surface area contributed by atoms with Crippen LogP contribution in [0.1, 0.15) is 31.2 Å². The van der Waals surface area contributed by atoms with Gasteiger partial charge in [-0.2, -0.15) is 0 Å². The molecule has 4 atom stereocenters. The van der Waals surface area contributed by atoms with Crippen LogP contribution in [0.2, 0.25) is 0 Å². The summed E-state index contributed by atoms with van der Waals surface area (Å²) in [5.74, 6) is 0.647. The van der Waals surface area contributed by atoms with E-state index in [1.165, 1.54) is 12.0 Å². The number of amides is 1. The molecule has 0 unspecified atom stereocenters. The molecule has 1 saturated carbocycles. The Hall–Kier alpha value is -1.88. The number of benzene rings is 1. The third-order valence-corrected chi connectivity index (χ3v) is 6.53. The number of carbonyl (C=O) groups excluding carboxylic acids is 2. The lowest BCUT2D eigenvalue weighted by molar-refractivity contribution is -0.139. The van der Waals surface area contributed by atoms with Crippen LogP contribution in [0.5, 0.6) is 0 Å². The predicted molar refractivity (Wildman–Crippen MR) is 87.3 cm³/mol. The van der Waals surface area contributed by atoms with Crippen molar-refractivity contribution in [2.24, 2.45) is 5.92 Å². The molecule has 1 aromatic rings. The maximum atomic E-state index is 12.7. The summed E-state index contributed by atoms with van der Waals surface area (Å²) in [5.41, 5.74) is 1.49. The second-order valence-corrected chi connectivity index (χ2v) is 7.98. The molecule has 5 rings (SSSR count). The number of piperidine rings is 1. The second-order valence-electron chi connectivity index (χ2n) is 7.98. The van der Waals surface area contributed by atoms with Gasteiger partial charge in [-0.15, -0.1) is 0 Å². The van der Waals surface area contributed by atoms with Crippen molar-refractivity contribution in [1.82, 2.24) is 10.2 Å². The molecule has 4 fully saturated rings. The smallest absolute Gasteiger partial charge is 0.307 e. The third kappa shape index (κ3) is 2.04. The molecule has 3 heterocycles. The van der Waals surface area contributed by atoms with Gasteiger partial charge in [-0.1, -0.05) is 30.3 Å². The average Bonchev–Trinajstić information content (AvgIpc) is 3.19. The SMILES string of the molecule is O=C1C[C@@]2(CO1)C[C@@H](C(=O)N1CC[C@]3(c4ccccc4)C[C@@H]3C1)N2. The van der Waals surface area contributed by atoms with Gasteiger partial charge in [-0.3, -0.25) is 14.9 Å². The minimum atomic E-state index is -0.263. The first-order valence-electron chi connectivity index (χ1n) is 8.88. The normalized spacial score (nSPS) is 40.0. The lowest BCUT2D eigenvalue weighted by Crippen LogP contribution is -2.69. The van der Waals surface area contributed by atoms with E-state index >= 15 is 0 Å². The van der Waals surface area contributed by atoms with Crippen molar-refractivity contribution in [3.05, 3.63) is 35.9 Å². The zero-order chi connectivity index (χ0) is 16.4. The van der Waals surface area contributed by atoms with Crippen molar-refractivity contribution in [3.63, 3.8) is 0 Å². The van der Waals surface area contributed by atoms with Gasteiger partial charge in [0.15, 0.2) is 0 Å². The van der Waals surface area contributed by atoms with Crippen LogP contribution < -0.4 is 5.32 Å². The van der Waals surface area contributed by atoms with Crippen molar-refractivity contribution < 1.29 is 14.3 Å². The van der Waals surface area contributed by atoms with E-state index in [1.54, 1.807) is 0 Å². The number of rotatable bonds is 2. The Morgan fingerprint density at radius 2 is 2.04 bits per heavy atom. The Morgan fingerprint density at radius 1 is 1.25 bits per heavy atom. The van der Waals surface area contributed by atoms with Gasteiger partial charge in [-0.05, 0) is 30.7 Å². The summed E-state index contributed by atoms with van der Waals surface area (Å²) >= 11 is 0. The molecule has 0 aromatic heterocycles. The Balaban J connectivity index is 1.21. The maximum Gasteiger partial charge on any atom is 0.307 e. The molecular formula is C19H22N2O3. The van der Waals surface area contributed by atoms with Crippen molar-refractivity contribution >= 4 is 11.9 Å². The van der Waals surface area contributed by atoms with E-state index in [0.717, 1.165) is 25.9 Å². The molecule has 126 valence electrons. The van der Waals surface area contributed by atoms with Gasteiger partial charge in [0, 0.05) is 18.5 Å². The Morgan fingerprint density at radius 3 is 2.71 bits per heavy atom. The van der Waals surface area contributed by atoms with Gasteiger partial charge in [0.2, 0.25) is 5.91 Å². The third-order valence-electron chi connectivity index (χ3n) is 6.53. The minimum absolute atomic E-state index is 0.137. The largest absolute Gasteiger partial charge is 0.464 e. The molecule has 1 amide bonds. The number of cyclic esters (lactones) is 1. The molecule has 5 heteroatoms. The molecule has 3 aliphatic heterocycles. The number of hydrogen-bond donors (Lipinski definition) is 1. The lowest BCUT2D eigenvalue weighted by atomic mass is 9.79. The van der Waals surface area contributed by atoms with Crippen LogP contribution in [0, 0.1) is 5.92 Å². The van der Waals surface area contributed by atoms with E-state index in [4.69, 9.17) is 4.74 Å². The fourth-order valence-electron chi connectivity index (χ4n) is 5.02. The van der Waals surface area contributed by atoms with E-state index in [-0.39, 0.29) is 23.5 Å². The summed E-state index contributed by atoms with van der Waals surface area (Å²) in [4.78, 5) is 26.1. The van der Waals surface area contributed by atoms with Crippen LogP contribution in [-0.4, -0.2) is 48.1 Å². The highest BCUT2D eigenvalue weighted by molar-refractivity contribution is 5.85. The Labute approximate surface area is 141 Å². The first-order valence-corrected chi connectivity index (χ1v) is 8.88. The number of hydrogen-bond acceptors (Lipinski definition) is 4. The van der Waals surface area contributed by atoms with Crippen LogP contribution in [-0.2, 0) is 19.7 Å². The zero-order valence-corrected chi connectivity index (χ0v) is 13.7. The van der Waals surface area contributed by atoms with Crippen molar-refractivity contribution in [3.8, 4) is 0 Å². The molecule has 0 bridgehead atoms. The molecule has 1 aliphatic carbocycles. The van der Waals surface area contributed by atoms with Gasteiger partial charge < -0.3 is 9.64 Å². The first-order chi connectivity index (χ1) is 11.6. The molecule has 5 nitrogen and oxygen atoms in total. The van der Waals surface area contributed by atoms with Crippen LogP contribution in [0.25, 0.3) is 0 Å². The van der Waals surface area contributed by atoms with Crippen molar-refractivity contribution in [1.29, 1.82) is 0 Å². The summed E-state index contributed by atoms with van der Waals surface area (Å²) in [6, 6.07) is 10.6. The summed E-state index contributed by atoms with van der Waals surface area (Å²) < 4.78 is 5.04. The molecule has 3 saturated heterocycles. The van der Waals surface area contributed by atoms with Crippen LogP contribution in [0.4, 0.5) is 0 Å². The quantitative estimate of drug-likeness (QED) is 0.831. The first kappa shape index (κ1) is 14.5. The number of esters is 1. The number of carbonyl (C=O) groups is 2. The number of nitrogens with one attached hydrogen (secondary N) is 1. The topological polar surface area (TPSA) is 58.6 Å². The molecule has 4 aliphatic rings. The van der Waals surface area contributed by atoms with E-state index < -0.39 is 0 Å². The number of likely N-dealkylation sites (tertiary alicyclic amines) is 1. The highest BCUT2D eigenvalue weighted by Crippen LogP contribution is 2.59. The van der Waals surface area contributed by atoms with Crippen molar-refractivity contribution in [2.75, 3.05) is 19.7 Å². The average molecular weight is 326 g/mol. The van der Waals surface area contributed by atoms with E-state index in [9.17, 15) is 9.59 Å². The molecular weight excluding hydrogens is 304 g/mol. The Bertz CT molecular complexity index is 698. The summed E-state index contributed by atoms with van der Waals surface area (Å²) in [6.45, 7) is 2.12. The fourth-order valence-corrected chi connectivity index (χ4v) is 5.02. The number of ether oxygens (including phenoxy) is 1. The van der Waals surface area contributed by atoms with Gasteiger partial charge in [-0.25, -0.2) is 0 Å². The second kappa shape index (κ2) is 4.82. The van der Waals surface area contributed by atoms with Gasteiger partial charge in [0.1, 0.15) is 6.61 Å². The summed E-state index contributed by atoms with van der Waals surface area (Å²) in [6.07, 6.45) is 3.39. The highest BCUT2D eigenvalue weighted by Gasteiger charge is 2.59.